The van der Waals surface area contributed by atoms with Gasteiger partial charge in [0.15, 0.2) is 6.54 Å². The van der Waals surface area contributed by atoms with E-state index in [0.29, 0.717) is 6.54 Å². The fourth-order valence-electron chi connectivity index (χ4n) is 3.04. The number of hydrogen-bond acceptors (Lipinski definition) is 3. The zero-order valence-corrected chi connectivity index (χ0v) is 15.7. The predicted molar refractivity (Wildman–Crippen MR) is 105 cm³/mol. The first-order chi connectivity index (χ1) is 12.6. The normalized spacial score (nSPS) is 15.5. The van der Waals surface area contributed by atoms with Gasteiger partial charge < -0.3 is 20.3 Å². The first-order valence-electron chi connectivity index (χ1n) is 8.94. The number of carbonyl (C=O) groups is 1. The van der Waals surface area contributed by atoms with E-state index in [-0.39, 0.29) is 11.9 Å². The van der Waals surface area contributed by atoms with Crippen molar-refractivity contribution in [3.8, 4) is 0 Å². The van der Waals surface area contributed by atoms with Crippen LogP contribution in [0, 0.1) is 0 Å². The molecule has 0 saturated carbocycles. The van der Waals surface area contributed by atoms with Gasteiger partial charge in [-0.05, 0) is 37.3 Å². The Balaban J connectivity index is 1.49. The van der Waals surface area contributed by atoms with Gasteiger partial charge in [0.2, 0.25) is 0 Å². The monoisotopic (exact) mass is 374 g/mol. The van der Waals surface area contributed by atoms with Crippen LogP contribution in [0.1, 0.15) is 18.5 Å². The molecule has 3 rings (SSSR count). The number of anilines is 2. The first kappa shape index (κ1) is 18.7. The Morgan fingerprint density at radius 1 is 1.19 bits per heavy atom. The Labute approximate surface area is 159 Å². The summed E-state index contributed by atoms with van der Waals surface area (Å²) >= 11 is 6.21. The fourth-order valence-corrected chi connectivity index (χ4v) is 3.35. The quantitative estimate of drug-likeness (QED) is 0.816. The summed E-state index contributed by atoms with van der Waals surface area (Å²) in [5.41, 5.74) is 3.01. The molecular formula is C20H25ClN3O2+. The summed E-state index contributed by atoms with van der Waals surface area (Å²) in [7, 11) is 0. The highest BCUT2D eigenvalue weighted by molar-refractivity contribution is 6.31. The van der Waals surface area contributed by atoms with Crippen LogP contribution >= 0.6 is 11.6 Å². The Kier molecular flexibility index (Phi) is 6.50. The van der Waals surface area contributed by atoms with E-state index in [4.69, 9.17) is 16.3 Å². The number of amides is 1. The summed E-state index contributed by atoms with van der Waals surface area (Å²) in [5, 5.41) is 5.66. The van der Waals surface area contributed by atoms with E-state index in [9.17, 15) is 4.79 Å². The number of carbonyl (C=O) groups excluding carboxylic acids is 1. The topological polar surface area (TPSA) is 58.2 Å². The largest absolute Gasteiger partial charge is 0.378 e. The number of nitrogens with two attached hydrogens (primary N) is 1. The Morgan fingerprint density at radius 3 is 2.58 bits per heavy atom. The molecule has 1 aliphatic heterocycles. The summed E-state index contributed by atoms with van der Waals surface area (Å²) < 4.78 is 5.37. The molecule has 2 aromatic carbocycles. The number of ether oxygens (including phenoxy) is 1. The number of nitrogens with zero attached hydrogens (tertiary/aromatic N) is 1. The van der Waals surface area contributed by atoms with Gasteiger partial charge in [-0.1, -0.05) is 29.8 Å². The molecule has 5 nitrogen and oxygen atoms in total. The van der Waals surface area contributed by atoms with Gasteiger partial charge in [0, 0.05) is 35.1 Å². The van der Waals surface area contributed by atoms with E-state index >= 15 is 0 Å². The molecule has 0 aliphatic carbocycles. The zero-order valence-electron chi connectivity index (χ0n) is 15.0. The van der Waals surface area contributed by atoms with Crippen molar-refractivity contribution in [2.75, 3.05) is 43.1 Å². The average Bonchev–Trinajstić information content (AvgIpc) is 2.68. The summed E-state index contributed by atoms with van der Waals surface area (Å²) in [4.78, 5) is 14.5. The number of morpholine rings is 1. The number of benzene rings is 2. The second kappa shape index (κ2) is 9.03. The number of nitrogens with one attached hydrogen (secondary N) is 1. The van der Waals surface area contributed by atoms with Crippen molar-refractivity contribution in [1.29, 1.82) is 0 Å². The molecule has 3 N–H and O–H groups in total. The number of quaternary nitrogens is 1. The average molecular weight is 375 g/mol. The lowest BCUT2D eigenvalue weighted by Gasteiger charge is -2.28. The van der Waals surface area contributed by atoms with Crippen LogP contribution in [0.4, 0.5) is 11.4 Å². The molecule has 1 fully saturated rings. The van der Waals surface area contributed by atoms with Crippen LogP contribution in [0.3, 0.4) is 0 Å². The molecule has 6 heteroatoms. The summed E-state index contributed by atoms with van der Waals surface area (Å²) in [6.45, 7) is 5.72. The maximum absolute atomic E-state index is 12.2. The van der Waals surface area contributed by atoms with Crippen LogP contribution in [0.5, 0.6) is 0 Å². The number of rotatable bonds is 6. The molecule has 0 aromatic heterocycles. The zero-order chi connectivity index (χ0) is 18.4. The third-order valence-electron chi connectivity index (χ3n) is 4.58. The minimum Gasteiger partial charge on any atom is -0.378 e. The van der Waals surface area contributed by atoms with Gasteiger partial charge >= 0.3 is 0 Å². The molecule has 0 bridgehead atoms. The van der Waals surface area contributed by atoms with E-state index in [1.165, 1.54) is 0 Å². The standard InChI is InChI=1S/C20H24ClN3O2/c1-15(18-4-2-3-5-19(18)21)22-14-20(25)23-16-6-8-17(9-7-16)24-10-12-26-13-11-24/h2-9,15,22H,10-14H2,1H3,(H,23,25)/p+1/t15-/m0/s1. The van der Waals surface area contributed by atoms with E-state index in [0.717, 1.165) is 48.3 Å². The maximum Gasteiger partial charge on any atom is 0.279 e. The van der Waals surface area contributed by atoms with Gasteiger partial charge in [-0.2, -0.15) is 0 Å². The van der Waals surface area contributed by atoms with Crippen LogP contribution in [-0.2, 0) is 9.53 Å². The van der Waals surface area contributed by atoms with Crippen molar-refractivity contribution in [3.63, 3.8) is 0 Å². The van der Waals surface area contributed by atoms with Crippen molar-refractivity contribution >= 4 is 28.9 Å². The Bertz CT molecular complexity index is 730. The van der Waals surface area contributed by atoms with Crippen LogP contribution in [0.15, 0.2) is 48.5 Å². The second-order valence-corrected chi connectivity index (χ2v) is 6.85. The number of hydrogen-bond donors (Lipinski definition) is 2. The Morgan fingerprint density at radius 2 is 1.88 bits per heavy atom. The maximum atomic E-state index is 12.2. The highest BCUT2D eigenvalue weighted by atomic mass is 35.5. The minimum atomic E-state index is -0.0250. The van der Waals surface area contributed by atoms with Crippen molar-refractivity contribution in [2.45, 2.75) is 13.0 Å². The lowest BCUT2D eigenvalue weighted by atomic mass is 10.1. The second-order valence-electron chi connectivity index (χ2n) is 6.44. The lowest BCUT2D eigenvalue weighted by molar-refractivity contribution is -0.682. The SMILES string of the molecule is C[C@H]([NH2+]CC(=O)Nc1ccc(N2CCOCC2)cc1)c1ccccc1Cl. The Hall–Kier alpha value is -2.08. The highest BCUT2D eigenvalue weighted by Crippen LogP contribution is 2.20. The molecule has 2 aromatic rings. The van der Waals surface area contributed by atoms with Crippen molar-refractivity contribution in [2.24, 2.45) is 0 Å². The van der Waals surface area contributed by atoms with Crippen molar-refractivity contribution in [1.82, 2.24) is 0 Å². The van der Waals surface area contributed by atoms with Crippen LogP contribution in [0.2, 0.25) is 5.02 Å². The van der Waals surface area contributed by atoms with Gasteiger partial charge in [-0.15, -0.1) is 0 Å². The van der Waals surface area contributed by atoms with E-state index < -0.39 is 0 Å². The first-order valence-corrected chi connectivity index (χ1v) is 9.31. The molecular weight excluding hydrogens is 350 g/mol. The molecule has 1 atom stereocenters. The minimum absolute atomic E-state index is 0.0250. The molecule has 1 heterocycles. The van der Waals surface area contributed by atoms with Crippen LogP contribution in [0.25, 0.3) is 0 Å². The smallest absolute Gasteiger partial charge is 0.279 e. The lowest BCUT2D eigenvalue weighted by Crippen LogP contribution is -2.86. The number of halogens is 1. The summed E-state index contributed by atoms with van der Waals surface area (Å²) in [5.74, 6) is -0.0250. The molecule has 138 valence electrons. The van der Waals surface area contributed by atoms with Gasteiger partial charge in [0.05, 0.1) is 13.2 Å². The summed E-state index contributed by atoms with van der Waals surface area (Å²) in [6, 6.07) is 15.8. The van der Waals surface area contributed by atoms with E-state index in [1.807, 2.05) is 60.8 Å². The third kappa shape index (κ3) is 4.97. The molecule has 1 aliphatic rings. The van der Waals surface area contributed by atoms with Gasteiger partial charge in [0.25, 0.3) is 5.91 Å². The van der Waals surface area contributed by atoms with E-state index in [2.05, 4.69) is 10.2 Å². The van der Waals surface area contributed by atoms with Crippen molar-refractivity contribution < 1.29 is 14.8 Å². The van der Waals surface area contributed by atoms with Gasteiger partial charge in [-0.25, -0.2) is 0 Å². The predicted octanol–water partition coefficient (Wildman–Crippen LogP) is 2.44. The van der Waals surface area contributed by atoms with Crippen LogP contribution in [-0.4, -0.2) is 38.8 Å². The van der Waals surface area contributed by atoms with E-state index in [1.54, 1.807) is 0 Å². The van der Waals surface area contributed by atoms with Crippen LogP contribution < -0.4 is 15.5 Å². The highest BCUT2D eigenvalue weighted by Gasteiger charge is 2.15. The van der Waals surface area contributed by atoms with Gasteiger partial charge in [0.1, 0.15) is 6.04 Å². The summed E-state index contributed by atoms with van der Waals surface area (Å²) in [6.07, 6.45) is 0. The molecule has 0 unspecified atom stereocenters. The van der Waals surface area contributed by atoms with Crippen molar-refractivity contribution in [3.05, 3.63) is 59.1 Å². The molecule has 26 heavy (non-hydrogen) atoms. The molecule has 1 amide bonds. The van der Waals surface area contributed by atoms with Gasteiger partial charge in [-0.3, -0.25) is 4.79 Å². The third-order valence-corrected chi connectivity index (χ3v) is 4.92. The fraction of sp³-hybridized carbons (Fsp3) is 0.350. The molecule has 0 radical (unpaired) electrons. The molecule has 0 spiro atoms. The molecule has 1 saturated heterocycles.